The molecule has 1 aromatic rings. The Bertz CT molecular complexity index is 663. The number of amides is 1. The van der Waals surface area contributed by atoms with E-state index in [0.717, 1.165) is 6.07 Å². The average molecular weight is 330 g/mol. The number of para-hydroxylation sites is 1. The van der Waals surface area contributed by atoms with Crippen LogP contribution in [0.1, 0.15) is 19.8 Å². The zero-order valence-corrected chi connectivity index (χ0v) is 13.1. The molecule has 1 fully saturated rings. The number of aromatic hydroxyl groups is 1. The summed E-state index contributed by atoms with van der Waals surface area (Å²) >= 11 is 0. The second kappa shape index (κ2) is 6.62. The third-order valence-corrected chi connectivity index (χ3v) is 5.61. The number of anilines is 1. The minimum absolute atomic E-state index is 0.00791. The quantitative estimate of drug-likeness (QED) is 0.820. The molecule has 22 heavy (non-hydrogen) atoms. The topological polar surface area (TPSA) is 86.7 Å². The SMILES string of the molecule is CCS(=O)(=O)N1CCCC(C(=O)Nc2cccc(F)c2O)C1. The molecule has 2 rings (SSSR count). The fourth-order valence-electron chi connectivity index (χ4n) is 2.44. The molecule has 0 bridgehead atoms. The third-order valence-electron chi connectivity index (χ3n) is 3.76. The van der Waals surface area contributed by atoms with Crippen LogP contribution in [0.3, 0.4) is 0 Å². The van der Waals surface area contributed by atoms with Crippen LogP contribution in [0, 0.1) is 11.7 Å². The first-order valence-corrected chi connectivity index (χ1v) is 8.72. The van der Waals surface area contributed by atoms with E-state index >= 15 is 0 Å². The highest BCUT2D eigenvalue weighted by Crippen LogP contribution is 2.27. The molecular weight excluding hydrogens is 311 g/mol. The number of halogens is 1. The molecule has 1 heterocycles. The first-order valence-electron chi connectivity index (χ1n) is 7.11. The summed E-state index contributed by atoms with van der Waals surface area (Å²) in [7, 11) is -3.33. The Morgan fingerprint density at radius 3 is 2.91 bits per heavy atom. The lowest BCUT2D eigenvalue weighted by molar-refractivity contribution is -0.120. The van der Waals surface area contributed by atoms with Crippen LogP contribution >= 0.6 is 0 Å². The number of hydrogen-bond acceptors (Lipinski definition) is 4. The molecule has 0 aromatic heterocycles. The maximum atomic E-state index is 13.2. The van der Waals surface area contributed by atoms with Crippen molar-refractivity contribution in [2.45, 2.75) is 19.8 Å². The minimum Gasteiger partial charge on any atom is -0.503 e. The Hall–Kier alpha value is -1.67. The van der Waals surface area contributed by atoms with E-state index in [0.29, 0.717) is 19.4 Å². The van der Waals surface area contributed by atoms with Crippen molar-refractivity contribution in [1.82, 2.24) is 4.31 Å². The predicted octanol–water partition coefficient (Wildman–Crippen LogP) is 1.53. The number of carbonyl (C=O) groups excluding carboxylic acids is 1. The van der Waals surface area contributed by atoms with E-state index in [1.165, 1.54) is 16.4 Å². The number of benzene rings is 1. The van der Waals surface area contributed by atoms with Gasteiger partial charge in [0.15, 0.2) is 11.6 Å². The van der Waals surface area contributed by atoms with Crippen LogP contribution < -0.4 is 5.32 Å². The van der Waals surface area contributed by atoms with Crippen molar-refractivity contribution in [3.8, 4) is 5.75 Å². The number of carbonyl (C=O) groups is 1. The Kier molecular flexibility index (Phi) is 5.02. The molecule has 8 heteroatoms. The number of nitrogens with zero attached hydrogens (tertiary/aromatic N) is 1. The van der Waals surface area contributed by atoms with Crippen molar-refractivity contribution in [3.63, 3.8) is 0 Å². The minimum atomic E-state index is -3.33. The zero-order chi connectivity index (χ0) is 16.3. The van der Waals surface area contributed by atoms with Crippen molar-refractivity contribution >= 4 is 21.6 Å². The summed E-state index contributed by atoms with van der Waals surface area (Å²) in [6.45, 7) is 2.08. The summed E-state index contributed by atoms with van der Waals surface area (Å²) in [5.41, 5.74) is -0.0135. The highest BCUT2D eigenvalue weighted by atomic mass is 32.2. The lowest BCUT2D eigenvalue weighted by atomic mass is 9.98. The first kappa shape index (κ1) is 16.7. The second-order valence-electron chi connectivity index (χ2n) is 5.22. The molecule has 2 N–H and O–H groups in total. The van der Waals surface area contributed by atoms with Gasteiger partial charge in [0.25, 0.3) is 0 Å². The van der Waals surface area contributed by atoms with Crippen LogP contribution in [0.5, 0.6) is 5.75 Å². The van der Waals surface area contributed by atoms with Crippen molar-refractivity contribution in [2.24, 2.45) is 5.92 Å². The summed E-state index contributed by atoms with van der Waals surface area (Å²) in [5.74, 6) is -2.39. The van der Waals surface area contributed by atoms with Gasteiger partial charge in [-0.1, -0.05) is 6.07 Å². The lowest BCUT2D eigenvalue weighted by Gasteiger charge is -2.30. The molecule has 1 amide bonds. The van der Waals surface area contributed by atoms with Gasteiger partial charge in [0, 0.05) is 13.1 Å². The Balaban J connectivity index is 2.08. The number of phenols is 1. The molecule has 1 atom stereocenters. The number of phenolic OH excluding ortho intramolecular Hbond substituents is 1. The van der Waals surface area contributed by atoms with Gasteiger partial charge in [-0.2, -0.15) is 0 Å². The van der Waals surface area contributed by atoms with Gasteiger partial charge in [-0.15, -0.1) is 0 Å². The summed E-state index contributed by atoms with van der Waals surface area (Å²) in [5, 5.41) is 12.0. The predicted molar refractivity (Wildman–Crippen MR) is 80.5 cm³/mol. The number of sulfonamides is 1. The molecule has 0 radical (unpaired) electrons. The van der Waals surface area contributed by atoms with Crippen LogP contribution in [-0.4, -0.2) is 42.6 Å². The summed E-state index contributed by atoms with van der Waals surface area (Å²) in [6, 6.07) is 3.85. The molecule has 0 spiro atoms. The number of rotatable bonds is 4. The van der Waals surface area contributed by atoms with Gasteiger partial charge >= 0.3 is 0 Å². The van der Waals surface area contributed by atoms with Crippen LogP contribution in [0.25, 0.3) is 0 Å². The Morgan fingerprint density at radius 2 is 2.23 bits per heavy atom. The number of piperidine rings is 1. The monoisotopic (exact) mass is 330 g/mol. The van der Waals surface area contributed by atoms with Gasteiger partial charge in [-0.25, -0.2) is 17.1 Å². The molecule has 1 aromatic carbocycles. The van der Waals surface area contributed by atoms with Crippen molar-refractivity contribution in [3.05, 3.63) is 24.0 Å². The largest absolute Gasteiger partial charge is 0.503 e. The molecule has 0 aliphatic carbocycles. The molecule has 6 nitrogen and oxygen atoms in total. The van der Waals surface area contributed by atoms with Crippen LogP contribution in [0.15, 0.2) is 18.2 Å². The molecule has 1 aliphatic rings. The van der Waals surface area contributed by atoms with Crippen LogP contribution in [0.4, 0.5) is 10.1 Å². The van der Waals surface area contributed by atoms with E-state index in [-0.39, 0.29) is 18.0 Å². The molecular formula is C14H19FN2O4S. The molecule has 1 unspecified atom stereocenters. The molecule has 122 valence electrons. The van der Waals surface area contributed by atoms with Crippen LogP contribution in [0.2, 0.25) is 0 Å². The highest BCUT2D eigenvalue weighted by molar-refractivity contribution is 7.89. The van der Waals surface area contributed by atoms with Gasteiger partial charge in [-0.3, -0.25) is 4.79 Å². The maximum absolute atomic E-state index is 13.2. The fraction of sp³-hybridized carbons (Fsp3) is 0.500. The average Bonchev–Trinajstić information content (AvgIpc) is 2.52. The highest BCUT2D eigenvalue weighted by Gasteiger charge is 2.31. The fourth-order valence-corrected chi connectivity index (χ4v) is 3.62. The normalized spacial score (nSPS) is 19.8. The number of nitrogens with one attached hydrogen (secondary N) is 1. The zero-order valence-electron chi connectivity index (χ0n) is 12.3. The van der Waals surface area contributed by atoms with E-state index in [9.17, 15) is 22.7 Å². The smallest absolute Gasteiger partial charge is 0.228 e. The maximum Gasteiger partial charge on any atom is 0.228 e. The van der Waals surface area contributed by atoms with E-state index in [2.05, 4.69) is 5.32 Å². The molecule has 0 saturated carbocycles. The van der Waals surface area contributed by atoms with Gasteiger partial charge in [-0.05, 0) is 31.9 Å². The molecule has 1 saturated heterocycles. The second-order valence-corrected chi connectivity index (χ2v) is 7.48. The van der Waals surface area contributed by atoms with Gasteiger partial charge in [0.2, 0.25) is 15.9 Å². The summed E-state index contributed by atoms with van der Waals surface area (Å²) in [4.78, 5) is 12.2. The van der Waals surface area contributed by atoms with Crippen molar-refractivity contribution < 1.29 is 22.7 Å². The summed E-state index contributed by atoms with van der Waals surface area (Å²) in [6.07, 6.45) is 1.14. The first-order chi connectivity index (χ1) is 10.3. The Labute approximate surface area is 129 Å². The summed E-state index contributed by atoms with van der Waals surface area (Å²) < 4.78 is 38.3. The standard InChI is InChI=1S/C14H19FN2O4S/c1-2-22(20,21)17-8-4-5-10(9-17)14(19)16-12-7-3-6-11(15)13(12)18/h3,6-7,10,18H,2,4-5,8-9H2,1H3,(H,16,19). The van der Waals surface area contributed by atoms with Gasteiger partial charge < -0.3 is 10.4 Å². The van der Waals surface area contributed by atoms with E-state index in [4.69, 9.17) is 0 Å². The number of hydrogen-bond donors (Lipinski definition) is 2. The Morgan fingerprint density at radius 1 is 1.50 bits per heavy atom. The van der Waals surface area contributed by atoms with Gasteiger partial charge in [0.05, 0.1) is 17.4 Å². The van der Waals surface area contributed by atoms with Gasteiger partial charge in [0.1, 0.15) is 0 Å². The molecule has 1 aliphatic heterocycles. The van der Waals surface area contributed by atoms with Crippen molar-refractivity contribution in [1.29, 1.82) is 0 Å². The lowest BCUT2D eigenvalue weighted by Crippen LogP contribution is -2.44. The third kappa shape index (κ3) is 3.56. The van der Waals surface area contributed by atoms with E-state index in [1.54, 1.807) is 6.92 Å². The van der Waals surface area contributed by atoms with E-state index in [1.807, 2.05) is 0 Å². The van der Waals surface area contributed by atoms with E-state index < -0.39 is 33.4 Å². The van der Waals surface area contributed by atoms with Crippen LogP contribution in [-0.2, 0) is 14.8 Å². The van der Waals surface area contributed by atoms with Crippen molar-refractivity contribution in [2.75, 3.05) is 24.2 Å².